The number of benzene rings is 1. The first-order valence-electron chi connectivity index (χ1n) is 13.7. The zero-order valence-electron chi connectivity index (χ0n) is 21.9. The summed E-state index contributed by atoms with van der Waals surface area (Å²) in [7, 11) is 0. The number of rotatable bonds is 5. The molecule has 0 N–H and O–H groups in total. The van der Waals surface area contributed by atoms with Gasteiger partial charge in [-0.15, -0.1) is 0 Å². The highest BCUT2D eigenvalue weighted by molar-refractivity contribution is 5.77. The molecule has 5 rings (SSSR count). The number of carbonyl (C=O) groups is 1. The van der Waals surface area contributed by atoms with Crippen molar-refractivity contribution >= 4 is 17.0 Å². The van der Waals surface area contributed by atoms with Crippen molar-refractivity contribution in [1.82, 2.24) is 19.7 Å². The summed E-state index contributed by atoms with van der Waals surface area (Å²) in [5.41, 5.74) is 1.35. The molecule has 1 unspecified atom stereocenters. The summed E-state index contributed by atoms with van der Waals surface area (Å²) in [4.78, 5) is 24.5. The van der Waals surface area contributed by atoms with Gasteiger partial charge in [-0.05, 0) is 51.7 Å². The van der Waals surface area contributed by atoms with Crippen LogP contribution in [-0.2, 0) is 10.2 Å². The van der Waals surface area contributed by atoms with Crippen LogP contribution in [0.2, 0.25) is 0 Å². The minimum atomic E-state index is -2.80. The van der Waals surface area contributed by atoms with E-state index in [0.717, 1.165) is 43.7 Å². The van der Waals surface area contributed by atoms with E-state index in [4.69, 9.17) is 9.40 Å². The molecule has 2 aromatic rings. The second kappa shape index (κ2) is 10.0. The molecule has 36 heavy (non-hydrogen) atoms. The maximum atomic E-state index is 15.2. The zero-order chi connectivity index (χ0) is 25.5. The summed E-state index contributed by atoms with van der Waals surface area (Å²) >= 11 is 0. The lowest BCUT2D eigenvalue weighted by Gasteiger charge is -2.47. The normalized spacial score (nSPS) is 27.6. The highest BCUT2D eigenvalue weighted by Crippen LogP contribution is 2.44. The highest BCUT2D eigenvalue weighted by atomic mass is 19.3. The summed E-state index contributed by atoms with van der Waals surface area (Å²) in [6.45, 7) is 11.0. The third-order valence-electron chi connectivity index (χ3n) is 8.99. The minimum absolute atomic E-state index is 0.0678. The number of carbonyl (C=O) groups excluding carboxylic acids is 1. The molecule has 1 aromatic heterocycles. The molecular weight excluding hydrogens is 462 g/mol. The number of nitrogens with zero attached hydrogens (tertiary/aromatic N) is 4. The molecule has 1 saturated carbocycles. The first-order chi connectivity index (χ1) is 17.2. The van der Waals surface area contributed by atoms with Crippen molar-refractivity contribution in [2.45, 2.75) is 82.7 Å². The second-order valence-electron chi connectivity index (χ2n) is 11.6. The van der Waals surface area contributed by atoms with Crippen LogP contribution in [-0.4, -0.2) is 82.9 Å². The van der Waals surface area contributed by atoms with Crippen LogP contribution >= 0.6 is 0 Å². The van der Waals surface area contributed by atoms with Gasteiger partial charge in [0.25, 0.3) is 5.92 Å². The van der Waals surface area contributed by atoms with E-state index >= 15 is 8.78 Å². The van der Waals surface area contributed by atoms with Gasteiger partial charge in [0.05, 0.1) is 0 Å². The smallest absolute Gasteiger partial charge is 0.252 e. The van der Waals surface area contributed by atoms with E-state index < -0.39 is 11.8 Å². The van der Waals surface area contributed by atoms with Crippen LogP contribution in [0.15, 0.2) is 28.7 Å². The Morgan fingerprint density at radius 2 is 1.78 bits per heavy atom. The maximum absolute atomic E-state index is 15.2. The topological polar surface area (TPSA) is 52.8 Å². The molecule has 0 radical (unpaired) electrons. The number of alkyl halides is 2. The van der Waals surface area contributed by atoms with Crippen LogP contribution in [0.4, 0.5) is 8.78 Å². The maximum Gasteiger partial charge on any atom is 0.252 e. The summed E-state index contributed by atoms with van der Waals surface area (Å²) in [5.74, 6) is -3.13. The first kappa shape index (κ1) is 25.6. The molecule has 2 saturated heterocycles. The third-order valence-corrected chi connectivity index (χ3v) is 8.99. The van der Waals surface area contributed by atoms with Crippen LogP contribution in [0.3, 0.4) is 0 Å². The van der Waals surface area contributed by atoms with Crippen LogP contribution in [0.5, 0.6) is 0 Å². The van der Waals surface area contributed by atoms with Crippen molar-refractivity contribution in [3.05, 3.63) is 30.2 Å². The van der Waals surface area contributed by atoms with Gasteiger partial charge in [-0.2, -0.15) is 0 Å². The Hall–Kier alpha value is -2.06. The van der Waals surface area contributed by atoms with E-state index in [1.54, 1.807) is 4.90 Å². The number of hydrogen-bond donors (Lipinski definition) is 0. The highest BCUT2D eigenvalue weighted by Gasteiger charge is 2.50. The average Bonchev–Trinajstić information content (AvgIpc) is 3.31. The molecule has 2 atom stereocenters. The number of amides is 1. The average molecular weight is 503 g/mol. The Bertz CT molecular complexity index is 1020. The quantitative estimate of drug-likeness (QED) is 0.581. The predicted molar refractivity (Wildman–Crippen MR) is 136 cm³/mol. The van der Waals surface area contributed by atoms with Crippen molar-refractivity contribution in [2.24, 2.45) is 5.92 Å². The fraction of sp³-hybridized carbons (Fsp3) is 0.714. The number of piperazine rings is 1. The number of fused-ring (bicyclic) bond motifs is 1. The third kappa shape index (κ3) is 5.03. The molecular formula is C28H40F2N4O2. The molecule has 0 bridgehead atoms. The van der Waals surface area contributed by atoms with Gasteiger partial charge in [-0.1, -0.05) is 19.1 Å². The van der Waals surface area contributed by atoms with Crippen LogP contribution in [0, 0.1) is 5.92 Å². The summed E-state index contributed by atoms with van der Waals surface area (Å²) in [6.07, 6.45) is 2.54. The lowest BCUT2D eigenvalue weighted by Crippen LogP contribution is -2.58. The number of para-hydroxylation sites is 2. The lowest BCUT2D eigenvalue weighted by atomic mass is 9.77. The van der Waals surface area contributed by atoms with Crippen LogP contribution in [0.25, 0.3) is 11.1 Å². The summed E-state index contributed by atoms with van der Waals surface area (Å²) in [6, 6.07) is 7.97. The molecule has 1 aliphatic carbocycles. The van der Waals surface area contributed by atoms with Gasteiger partial charge in [-0.3, -0.25) is 14.6 Å². The Morgan fingerprint density at radius 1 is 1.08 bits per heavy atom. The second-order valence-corrected chi connectivity index (χ2v) is 11.6. The van der Waals surface area contributed by atoms with Crippen molar-refractivity contribution in [3.8, 4) is 0 Å². The number of aromatic nitrogens is 1. The van der Waals surface area contributed by atoms with E-state index in [1.165, 1.54) is 0 Å². The molecule has 3 fully saturated rings. The Labute approximate surface area is 213 Å². The molecule has 2 aliphatic heterocycles. The van der Waals surface area contributed by atoms with Gasteiger partial charge >= 0.3 is 0 Å². The largest absolute Gasteiger partial charge is 0.440 e. The first-order valence-corrected chi connectivity index (χ1v) is 13.7. The van der Waals surface area contributed by atoms with Gasteiger partial charge in [0.2, 0.25) is 11.8 Å². The Balaban J connectivity index is 1.23. The molecule has 0 spiro atoms. The molecule has 8 heteroatoms. The van der Waals surface area contributed by atoms with Gasteiger partial charge in [0.1, 0.15) is 5.52 Å². The van der Waals surface area contributed by atoms with E-state index in [2.05, 4.69) is 30.6 Å². The Morgan fingerprint density at radius 3 is 2.44 bits per heavy atom. The number of hydrogen-bond acceptors (Lipinski definition) is 5. The number of oxazole rings is 1. The van der Waals surface area contributed by atoms with E-state index in [1.807, 2.05) is 24.3 Å². The SMILES string of the molecule is CC(C)N1CCN([C@H]2CCCC(F)(F)C2CC(=O)N2CCC(C)(c3nc4ccccc4o3)CC2)CC1. The molecule has 3 aliphatic rings. The molecule has 198 valence electrons. The number of likely N-dealkylation sites (tertiary alicyclic amines) is 1. The standard InChI is InChI=1S/C28H40F2N4O2/c1-20(2)32-15-17-33(18-16-32)23-8-6-10-28(29,30)21(23)19-25(35)34-13-11-27(3,12-14-34)26-31-22-7-4-5-9-24(22)36-26/h4-5,7,9,20-21,23H,6,8,10-19H2,1-3H3/t21?,23-/m0/s1. The van der Waals surface area contributed by atoms with Crippen molar-refractivity contribution in [1.29, 1.82) is 0 Å². The monoisotopic (exact) mass is 502 g/mol. The van der Waals surface area contributed by atoms with Gasteiger partial charge in [0.15, 0.2) is 5.58 Å². The van der Waals surface area contributed by atoms with Crippen molar-refractivity contribution < 1.29 is 18.0 Å². The lowest BCUT2D eigenvalue weighted by molar-refractivity contribution is -0.151. The van der Waals surface area contributed by atoms with Crippen LogP contribution in [0.1, 0.15) is 65.2 Å². The molecule has 3 heterocycles. The molecule has 1 amide bonds. The van der Waals surface area contributed by atoms with E-state index in [0.29, 0.717) is 44.3 Å². The van der Waals surface area contributed by atoms with Gasteiger partial charge < -0.3 is 9.32 Å². The Kier molecular flexibility index (Phi) is 7.11. The van der Waals surface area contributed by atoms with Gasteiger partial charge in [0, 0.05) is 75.5 Å². The fourth-order valence-electron chi connectivity index (χ4n) is 6.43. The number of piperidine rings is 1. The van der Waals surface area contributed by atoms with Crippen molar-refractivity contribution in [2.75, 3.05) is 39.3 Å². The molecule has 6 nitrogen and oxygen atoms in total. The van der Waals surface area contributed by atoms with Crippen molar-refractivity contribution in [3.63, 3.8) is 0 Å². The zero-order valence-corrected chi connectivity index (χ0v) is 21.9. The van der Waals surface area contributed by atoms with Crippen LogP contribution < -0.4 is 0 Å². The summed E-state index contributed by atoms with van der Waals surface area (Å²) in [5, 5.41) is 0. The fourth-order valence-corrected chi connectivity index (χ4v) is 6.43. The minimum Gasteiger partial charge on any atom is -0.440 e. The number of halogens is 2. The van der Waals surface area contributed by atoms with Gasteiger partial charge in [-0.25, -0.2) is 13.8 Å². The summed E-state index contributed by atoms with van der Waals surface area (Å²) < 4.78 is 36.5. The molecule has 1 aromatic carbocycles. The van der Waals surface area contributed by atoms with E-state index in [-0.39, 0.29) is 30.2 Å². The van der Waals surface area contributed by atoms with E-state index in [9.17, 15) is 4.79 Å². The predicted octanol–water partition coefficient (Wildman–Crippen LogP) is 4.93.